The van der Waals surface area contributed by atoms with Crippen LogP contribution in [0, 0.1) is 18.3 Å². The SMILES string of the molecule is COc1ccc(C(OC[C@H]2O[C@@H](n3cnc4c(N(C(=O)c5ccccc5)C(=O)c5ccccc5)ncc(C)c43)C[C@@H]2OP(OCCC#N)N(C(C)C)C(C)C)(c2ccccc2)c2ccc(OC)cc2)cc1. The molecule has 8 rings (SSSR count). The summed E-state index contributed by atoms with van der Waals surface area (Å²) in [7, 11) is 1.55. The Morgan fingerprint density at radius 3 is 1.80 bits per heavy atom. The van der Waals surface area contributed by atoms with Gasteiger partial charge in [0.15, 0.2) is 5.82 Å². The predicted octanol–water partition coefficient (Wildman–Crippen LogP) is 11.2. The van der Waals surface area contributed by atoms with E-state index < -0.39 is 44.4 Å². The molecule has 5 aromatic carbocycles. The van der Waals surface area contributed by atoms with E-state index in [1.807, 2.05) is 102 Å². The first kappa shape index (κ1) is 50.6. The van der Waals surface area contributed by atoms with E-state index in [4.69, 9.17) is 38.0 Å². The Hall–Kier alpha value is -6.82. The number of imide groups is 1. The molecular formula is C56H59N6O8P. The number of nitriles is 1. The highest BCUT2D eigenvalue weighted by molar-refractivity contribution is 7.44. The lowest BCUT2D eigenvalue weighted by molar-refractivity contribution is -0.0911. The van der Waals surface area contributed by atoms with E-state index in [9.17, 15) is 14.9 Å². The molecule has 1 aliphatic rings. The number of benzene rings is 5. The van der Waals surface area contributed by atoms with Gasteiger partial charge < -0.3 is 32.6 Å². The molecular weight excluding hydrogens is 916 g/mol. The highest BCUT2D eigenvalue weighted by Crippen LogP contribution is 2.51. The van der Waals surface area contributed by atoms with E-state index in [-0.39, 0.29) is 37.5 Å². The number of aryl methyl sites for hydroxylation is 1. The minimum Gasteiger partial charge on any atom is -0.497 e. The molecule has 1 aliphatic heterocycles. The molecule has 0 bridgehead atoms. The van der Waals surface area contributed by atoms with Crippen LogP contribution in [0.2, 0.25) is 0 Å². The van der Waals surface area contributed by atoms with Crippen LogP contribution >= 0.6 is 8.53 Å². The Bertz CT molecular complexity index is 2810. The number of nitrogens with zero attached hydrogens (tertiary/aromatic N) is 6. The van der Waals surface area contributed by atoms with Crippen LogP contribution in [0.5, 0.6) is 11.5 Å². The van der Waals surface area contributed by atoms with Gasteiger partial charge in [0.25, 0.3) is 20.3 Å². The Morgan fingerprint density at radius 2 is 1.30 bits per heavy atom. The number of methoxy groups -OCH3 is 2. The Kier molecular flexibility index (Phi) is 16.3. The predicted molar refractivity (Wildman–Crippen MR) is 273 cm³/mol. The van der Waals surface area contributed by atoms with Crippen LogP contribution in [-0.4, -0.2) is 82.7 Å². The molecule has 0 N–H and O–H groups in total. The summed E-state index contributed by atoms with van der Waals surface area (Å²) in [6.07, 6.45) is 1.86. The number of fused-ring (bicyclic) bond motifs is 1. The summed E-state index contributed by atoms with van der Waals surface area (Å²) >= 11 is 0. The van der Waals surface area contributed by atoms with Crippen LogP contribution < -0.4 is 14.4 Å². The zero-order valence-corrected chi connectivity index (χ0v) is 41.9. The van der Waals surface area contributed by atoms with E-state index in [0.717, 1.165) is 27.2 Å². The van der Waals surface area contributed by atoms with E-state index in [1.54, 1.807) is 75.3 Å². The summed E-state index contributed by atoms with van der Waals surface area (Å²) in [5.74, 6) is 0.389. The van der Waals surface area contributed by atoms with Crippen molar-refractivity contribution in [2.45, 2.75) is 83.6 Å². The molecule has 0 aliphatic carbocycles. The molecule has 3 heterocycles. The molecule has 366 valence electrons. The van der Waals surface area contributed by atoms with E-state index in [1.165, 1.54) is 0 Å². The maximum Gasteiger partial charge on any atom is 0.266 e. The summed E-state index contributed by atoms with van der Waals surface area (Å²) in [6, 6.07) is 45.3. The normalized spacial score (nSPS) is 16.3. The fraction of sp³-hybridized carbons (Fsp3) is 0.304. The quantitative estimate of drug-likeness (QED) is 0.0309. The number of rotatable bonds is 20. The molecule has 1 unspecified atom stereocenters. The molecule has 2 amide bonds. The Balaban J connectivity index is 1.24. The van der Waals surface area contributed by atoms with Crippen molar-refractivity contribution in [1.82, 2.24) is 19.2 Å². The zero-order chi connectivity index (χ0) is 50.1. The van der Waals surface area contributed by atoms with Gasteiger partial charge in [-0.05, 0) is 105 Å². The maximum absolute atomic E-state index is 14.4. The van der Waals surface area contributed by atoms with Gasteiger partial charge in [0.1, 0.15) is 34.9 Å². The van der Waals surface area contributed by atoms with Crippen molar-refractivity contribution in [3.05, 3.63) is 185 Å². The Morgan fingerprint density at radius 1 is 0.775 bits per heavy atom. The summed E-state index contributed by atoms with van der Waals surface area (Å²) < 4.78 is 43.6. The first-order valence-electron chi connectivity index (χ1n) is 23.7. The van der Waals surface area contributed by atoms with Crippen molar-refractivity contribution in [1.29, 1.82) is 5.26 Å². The van der Waals surface area contributed by atoms with Crippen molar-refractivity contribution in [3.63, 3.8) is 0 Å². The van der Waals surface area contributed by atoms with Crippen molar-refractivity contribution in [2.75, 3.05) is 32.3 Å². The smallest absolute Gasteiger partial charge is 0.266 e. The third-order valence-electron chi connectivity index (χ3n) is 12.4. The average molecular weight is 975 g/mol. The van der Waals surface area contributed by atoms with Crippen LogP contribution in [0.15, 0.2) is 152 Å². The number of carbonyl (C=O) groups is 2. The average Bonchev–Trinajstić information content (AvgIpc) is 4.03. The molecule has 71 heavy (non-hydrogen) atoms. The molecule has 0 radical (unpaired) electrons. The van der Waals surface area contributed by atoms with Gasteiger partial charge in [0, 0.05) is 35.8 Å². The number of anilines is 1. The van der Waals surface area contributed by atoms with Crippen molar-refractivity contribution in [2.24, 2.45) is 0 Å². The second-order valence-corrected chi connectivity index (χ2v) is 19.1. The molecule has 7 aromatic rings. The number of hydrogen-bond acceptors (Lipinski definition) is 12. The van der Waals surface area contributed by atoms with Crippen molar-refractivity contribution in [3.8, 4) is 17.6 Å². The minimum atomic E-state index is -1.72. The number of hydrogen-bond donors (Lipinski definition) is 0. The fourth-order valence-electron chi connectivity index (χ4n) is 9.11. The lowest BCUT2D eigenvalue weighted by Gasteiger charge is -2.39. The Labute approximate surface area is 416 Å². The number of imidazole rings is 1. The van der Waals surface area contributed by atoms with Crippen LogP contribution in [0.4, 0.5) is 5.82 Å². The summed E-state index contributed by atoms with van der Waals surface area (Å²) in [6.45, 7) is 10.5. The third kappa shape index (κ3) is 10.8. The molecule has 0 spiro atoms. The van der Waals surface area contributed by atoms with Crippen LogP contribution in [0.1, 0.15) is 89.7 Å². The topological polar surface area (TPSA) is 151 Å². The standard InChI is InChI=1S/C56H59N6O8P/c1-38(2)62(39(3)4)71(68-33-17-32-57)70-48-34-50(60-37-59-51-52(60)40(5)35-58-53(51)61(54(63)41-18-11-8-12-19-41)55(64)42-20-13-9-14-21-42)69-49(48)36-67-56(43-22-15-10-16-23-43,44-24-28-46(65-6)29-25-44)45-26-30-47(66-7)31-27-45/h8-16,18-31,35,37-39,48-50H,17,33-34,36H2,1-7H3/t48-,49+,50+,71?/m0/s1. The van der Waals surface area contributed by atoms with Crippen LogP contribution in [0.3, 0.4) is 0 Å². The van der Waals surface area contributed by atoms with Gasteiger partial charge in [-0.15, -0.1) is 0 Å². The minimum absolute atomic E-state index is 0.0400. The first-order chi connectivity index (χ1) is 34.5. The van der Waals surface area contributed by atoms with E-state index >= 15 is 0 Å². The van der Waals surface area contributed by atoms with Crippen LogP contribution in [-0.2, 0) is 24.1 Å². The molecule has 1 fully saturated rings. The van der Waals surface area contributed by atoms with Crippen LogP contribution in [0.25, 0.3) is 11.0 Å². The maximum atomic E-state index is 14.4. The molecule has 14 nitrogen and oxygen atoms in total. The summed E-state index contributed by atoms with van der Waals surface area (Å²) in [5.41, 5.74) is 3.76. The summed E-state index contributed by atoms with van der Waals surface area (Å²) in [4.78, 5) is 39.6. The second-order valence-electron chi connectivity index (χ2n) is 17.7. The van der Waals surface area contributed by atoms with E-state index in [0.29, 0.717) is 40.1 Å². The zero-order valence-electron chi connectivity index (χ0n) is 41.0. The van der Waals surface area contributed by atoms with Gasteiger partial charge in [-0.25, -0.2) is 19.5 Å². The fourth-order valence-corrected chi connectivity index (χ4v) is 10.9. The lowest BCUT2D eigenvalue weighted by atomic mass is 9.80. The number of ether oxygens (including phenoxy) is 4. The molecule has 15 heteroatoms. The molecule has 0 saturated carbocycles. The number of aromatic nitrogens is 3. The van der Waals surface area contributed by atoms with Gasteiger partial charge in [0.2, 0.25) is 0 Å². The number of amides is 2. The second kappa shape index (κ2) is 22.9. The highest BCUT2D eigenvalue weighted by Gasteiger charge is 2.45. The monoisotopic (exact) mass is 974 g/mol. The molecule has 1 saturated heterocycles. The molecule has 4 atom stereocenters. The largest absolute Gasteiger partial charge is 0.497 e. The number of pyridine rings is 1. The van der Waals surface area contributed by atoms with Crippen molar-refractivity contribution < 1.29 is 37.6 Å². The highest BCUT2D eigenvalue weighted by atomic mass is 31.2. The van der Waals surface area contributed by atoms with Gasteiger partial charge >= 0.3 is 0 Å². The molecule has 2 aromatic heterocycles. The van der Waals surface area contributed by atoms with Gasteiger partial charge in [-0.2, -0.15) is 5.26 Å². The summed E-state index contributed by atoms with van der Waals surface area (Å²) in [5, 5.41) is 9.55. The van der Waals surface area contributed by atoms with E-state index in [2.05, 4.69) is 38.4 Å². The van der Waals surface area contributed by atoms with Crippen molar-refractivity contribution >= 4 is 37.2 Å². The first-order valence-corrected chi connectivity index (χ1v) is 24.8. The lowest BCUT2D eigenvalue weighted by Crippen LogP contribution is -2.39. The van der Waals surface area contributed by atoms with Gasteiger partial charge in [-0.3, -0.25) is 9.59 Å². The van der Waals surface area contributed by atoms with Gasteiger partial charge in [-0.1, -0.05) is 91.0 Å². The van der Waals surface area contributed by atoms with Gasteiger partial charge in [0.05, 0.1) is 57.9 Å². The third-order valence-corrected chi connectivity index (χ3v) is 14.6. The number of carbonyl (C=O) groups excluding carboxylic acids is 2.